The second-order valence-electron chi connectivity index (χ2n) is 12.4. The third-order valence-electron chi connectivity index (χ3n) is 9.64. The molecule has 0 unspecified atom stereocenters. The van der Waals surface area contributed by atoms with E-state index in [4.69, 9.17) is 6.57 Å². The quantitative estimate of drug-likeness (QED) is 0.113. The van der Waals surface area contributed by atoms with Crippen molar-refractivity contribution in [2.75, 3.05) is 4.90 Å². The van der Waals surface area contributed by atoms with Gasteiger partial charge in [-0.1, -0.05) is 24.3 Å². The van der Waals surface area contributed by atoms with Gasteiger partial charge in [-0.15, -0.1) is 0 Å². The van der Waals surface area contributed by atoms with Crippen LogP contribution in [0.4, 0.5) is 22.7 Å². The van der Waals surface area contributed by atoms with Gasteiger partial charge in [0, 0.05) is 0 Å². The second-order valence-corrected chi connectivity index (χ2v) is 20.4. The average Bonchev–Trinajstić information content (AvgIpc) is 3.20. The van der Waals surface area contributed by atoms with Crippen molar-refractivity contribution < 1.29 is 0 Å². The molecule has 0 N–H and O–H groups in total. The van der Waals surface area contributed by atoms with Gasteiger partial charge in [0.15, 0.2) is 5.69 Å². The van der Waals surface area contributed by atoms with E-state index in [9.17, 15) is 0 Å². The van der Waals surface area contributed by atoms with E-state index in [-0.39, 0.29) is 0 Å². The van der Waals surface area contributed by atoms with Crippen LogP contribution in [0.5, 0.6) is 0 Å². The van der Waals surface area contributed by atoms with Crippen molar-refractivity contribution in [3.63, 3.8) is 0 Å². The fraction of sp³-hybridized carbons (Fsp3) is 0. The van der Waals surface area contributed by atoms with Gasteiger partial charge in [-0.3, -0.25) is 0 Å². The fourth-order valence-corrected chi connectivity index (χ4v) is 17.2. The Morgan fingerprint density at radius 1 is 0.380 bits per heavy atom. The first-order chi connectivity index (χ1) is 24.8. The molecule has 0 heterocycles. The Morgan fingerprint density at radius 3 is 1.32 bits per heavy atom. The fourth-order valence-electron chi connectivity index (χ4n) is 7.29. The van der Waals surface area contributed by atoms with E-state index >= 15 is 0 Å². The first-order valence-electron chi connectivity index (χ1n) is 16.9. The molecule has 236 valence electrons. The summed E-state index contributed by atoms with van der Waals surface area (Å²) in [4.78, 5) is 5.90. The van der Waals surface area contributed by atoms with Gasteiger partial charge in [0.25, 0.3) is 0 Å². The molecule has 0 aliphatic carbocycles. The monoisotopic (exact) mass is 700 g/mol. The Morgan fingerprint density at radius 2 is 0.800 bits per heavy atom. The third-order valence-corrected chi connectivity index (χ3v) is 19.7. The zero-order chi connectivity index (χ0) is 33.8. The number of hydrogen-bond donors (Lipinski definition) is 0. The summed E-state index contributed by atoms with van der Waals surface area (Å²) in [5.74, 6) is 0. The number of hydrogen-bond acceptors (Lipinski definition) is 1. The first-order valence-corrected chi connectivity index (χ1v) is 21.1. The van der Waals surface area contributed by atoms with Crippen molar-refractivity contribution >= 4 is 64.4 Å². The Bertz CT molecular complexity index is 2300. The van der Waals surface area contributed by atoms with Gasteiger partial charge in [0.2, 0.25) is 0 Å². The van der Waals surface area contributed by atoms with Crippen LogP contribution in [0.25, 0.3) is 26.7 Å². The molecular formula is C47H34GeN2. The summed E-state index contributed by atoms with van der Waals surface area (Å²) < 4.78 is 5.65. The standard InChI is InChI=1S/C47H34GeN2/c1-49-43-30-34-45(35-31-43)50(47-23-13-15-38-14-11-12-22-46(38)47)44-32-26-37(27-33-44)36-24-28-42(29-25-36)48(39-16-5-2-6-17-39,40-18-7-3-8-19-40)41-20-9-4-10-21-41/h2-35H. The molecule has 0 saturated carbocycles. The molecule has 0 spiro atoms. The summed E-state index contributed by atoms with van der Waals surface area (Å²) in [5.41, 5.74) is 6.15. The summed E-state index contributed by atoms with van der Waals surface area (Å²) in [5, 5.41) is 2.36. The molecule has 8 aromatic carbocycles. The topological polar surface area (TPSA) is 7.60 Å². The van der Waals surface area contributed by atoms with Gasteiger partial charge < -0.3 is 0 Å². The zero-order valence-electron chi connectivity index (χ0n) is 27.5. The number of rotatable bonds is 8. The number of fused-ring (bicyclic) bond motifs is 1. The van der Waals surface area contributed by atoms with Crippen LogP contribution in [-0.2, 0) is 0 Å². The molecule has 0 saturated heterocycles. The molecule has 50 heavy (non-hydrogen) atoms. The number of nitrogens with zero attached hydrogens (tertiary/aromatic N) is 2. The Labute approximate surface area is 296 Å². The molecule has 0 aromatic heterocycles. The zero-order valence-corrected chi connectivity index (χ0v) is 29.6. The van der Waals surface area contributed by atoms with Crippen molar-refractivity contribution in [3.05, 3.63) is 218 Å². The third kappa shape index (κ3) is 5.68. The Balaban J connectivity index is 1.21. The van der Waals surface area contributed by atoms with E-state index < -0.39 is 13.3 Å². The van der Waals surface area contributed by atoms with E-state index in [1.54, 1.807) is 0 Å². The molecule has 0 radical (unpaired) electrons. The van der Waals surface area contributed by atoms with Crippen molar-refractivity contribution in [1.82, 2.24) is 0 Å². The van der Waals surface area contributed by atoms with Crippen LogP contribution in [0.3, 0.4) is 0 Å². The Kier molecular flexibility index (Phi) is 8.57. The van der Waals surface area contributed by atoms with Crippen LogP contribution in [0, 0.1) is 6.57 Å². The van der Waals surface area contributed by atoms with Crippen LogP contribution in [0.15, 0.2) is 206 Å². The first kappa shape index (κ1) is 31.1. The molecule has 0 atom stereocenters. The maximum atomic E-state index is 7.46. The molecule has 2 nitrogen and oxygen atoms in total. The molecule has 0 fully saturated rings. The van der Waals surface area contributed by atoms with Gasteiger partial charge in [-0.2, -0.15) is 0 Å². The SMILES string of the molecule is [C-]#[N+]c1ccc(N(c2ccc(-c3cc[c]([Ge]([c]4ccccc4)([c]4ccccc4)[c]4ccccc4)cc3)cc2)c2cccc3ccccc23)cc1. The molecule has 8 rings (SSSR count). The van der Waals surface area contributed by atoms with E-state index in [2.05, 4.69) is 192 Å². The van der Waals surface area contributed by atoms with E-state index in [0.717, 1.165) is 17.1 Å². The van der Waals surface area contributed by atoms with Crippen molar-refractivity contribution in [1.29, 1.82) is 0 Å². The minimum atomic E-state index is -3.31. The molecule has 3 heteroatoms. The second kappa shape index (κ2) is 13.8. The predicted octanol–water partition coefficient (Wildman–Crippen LogP) is 9.90. The van der Waals surface area contributed by atoms with Gasteiger partial charge in [-0.25, -0.2) is 4.85 Å². The van der Waals surface area contributed by atoms with Gasteiger partial charge in [0.05, 0.1) is 6.57 Å². The van der Waals surface area contributed by atoms with Gasteiger partial charge >= 0.3 is 257 Å². The summed E-state index contributed by atoms with van der Waals surface area (Å²) in [6.45, 7) is 7.46. The van der Waals surface area contributed by atoms with E-state index in [0.29, 0.717) is 5.69 Å². The summed E-state index contributed by atoms with van der Waals surface area (Å²) >= 11 is -3.31. The molecule has 0 aliphatic rings. The van der Waals surface area contributed by atoms with Gasteiger partial charge in [0.1, 0.15) is 0 Å². The molecule has 0 aliphatic heterocycles. The van der Waals surface area contributed by atoms with Crippen LogP contribution in [-0.4, -0.2) is 13.3 Å². The molecule has 0 bridgehead atoms. The summed E-state index contributed by atoms with van der Waals surface area (Å²) in [6.07, 6.45) is 0. The van der Waals surface area contributed by atoms with Crippen LogP contribution in [0.2, 0.25) is 0 Å². The molecular weight excluding hydrogens is 665 g/mol. The average molecular weight is 699 g/mol. The number of benzene rings is 8. The normalized spacial score (nSPS) is 11.2. The molecule has 0 amide bonds. The van der Waals surface area contributed by atoms with E-state index in [1.165, 1.54) is 39.5 Å². The Hall–Kier alpha value is -6.15. The summed E-state index contributed by atoms with van der Waals surface area (Å²) in [6, 6.07) is 74.3. The molecule has 8 aromatic rings. The van der Waals surface area contributed by atoms with Crippen molar-refractivity contribution in [2.45, 2.75) is 0 Å². The minimum absolute atomic E-state index is 0.630. The van der Waals surface area contributed by atoms with Crippen LogP contribution in [0.1, 0.15) is 0 Å². The maximum absolute atomic E-state index is 7.46. The van der Waals surface area contributed by atoms with Crippen molar-refractivity contribution in [2.24, 2.45) is 0 Å². The number of anilines is 3. The van der Waals surface area contributed by atoms with Crippen molar-refractivity contribution in [3.8, 4) is 11.1 Å². The van der Waals surface area contributed by atoms with Crippen LogP contribution >= 0.6 is 0 Å². The van der Waals surface area contributed by atoms with E-state index in [1.807, 2.05) is 24.3 Å². The predicted molar refractivity (Wildman–Crippen MR) is 214 cm³/mol. The van der Waals surface area contributed by atoms with Gasteiger partial charge in [-0.05, 0) is 0 Å². The van der Waals surface area contributed by atoms with Crippen LogP contribution < -0.4 is 22.5 Å². The summed E-state index contributed by atoms with van der Waals surface area (Å²) in [7, 11) is 0.